The smallest absolute Gasteiger partial charge is 0.227 e. The van der Waals surface area contributed by atoms with Crippen molar-refractivity contribution >= 4 is 17.5 Å². The molecule has 0 bridgehead atoms. The van der Waals surface area contributed by atoms with Gasteiger partial charge in [0.2, 0.25) is 5.91 Å². The van der Waals surface area contributed by atoms with Gasteiger partial charge in [-0.15, -0.1) is 0 Å². The van der Waals surface area contributed by atoms with Crippen LogP contribution in [0.25, 0.3) is 0 Å². The van der Waals surface area contributed by atoms with Gasteiger partial charge >= 0.3 is 0 Å². The van der Waals surface area contributed by atoms with Gasteiger partial charge in [0, 0.05) is 56.1 Å². The molecule has 0 spiro atoms. The van der Waals surface area contributed by atoms with Gasteiger partial charge in [-0.25, -0.2) is 0 Å². The molecule has 1 aliphatic heterocycles. The highest BCUT2D eigenvalue weighted by Gasteiger charge is 2.21. The second-order valence-corrected chi connectivity index (χ2v) is 6.60. The lowest BCUT2D eigenvalue weighted by Gasteiger charge is -2.34. The van der Waals surface area contributed by atoms with Crippen molar-refractivity contribution in [1.82, 2.24) is 19.6 Å². The van der Waals surface area contributed by atoms with Gasteiger partial charge in [0.25, 0.3) is 0 Å². The maximum absolute atomic E-state index is 12.4. The monoisotopic (exact) mass is 346 g/mol. The summed E-state index contributed by atoms with van der Waals surface area (Å²) in [5, 5.41) is 4.99. The number of hydrogen-bond donors (Lipinski definition) is 0. The van der Waals surface area contributed by atoms with E-state index in [1.54, 1.807) is 0 Å². The molecule has 1 fully saturated rings. The fourth-order valence-corrected chi connectivity index (χ4v) is 3.22. The van der Waals surface area contributed by atoms with Crippen LogP contribution in [0.2, 0.25) is 5.02 Å². The van der Waals surface area contributed by atoms with Crippen LogP contribution in [-0.2, 0) is 24.3 Å². The first kappa shape index (κ1) is 17.0. The van der Waals surface area contributed by atoms with Crippen LogP contribution < -0.4 is 0 Å². The maximum Gasteiger partial charge on any atom is 0.227 e. The molecule has 0 unspecified atom stereocenters. The van der Waals surface area contributed by atoms with Gasteiger partial charge in [0.1, 0.15) is 0 Å². The number of rotatable bonds is 5. The molecule has 1 aromatic carbocycles. The van der Waals surface area contributed by atoms with E-state index in [-0.39, 0.29) is 5.91 Å². The van der Waals surface area contributed by atoms with Crippen molar-refractivity contribution in [3.63, 3.8) is 0 Å². The SMILES string of the molecule is CCn1cc(CN2CCN(C(=O)Cc3cccc(Cl)c3)CC2)cn1. The second-order valence-electron chi connectivity index (χ2n) is 6.17. The van der Waals surface area contributed by atoms with E-state index in [0.717, 1.165) is 44.8 Å². The number of piperazine rings is 1. The summed E-state index contributed by atoms with van der Waals surface area (Å²) in [4.78, 5) is 16.8. The zero-order valence-corrected chi connectivity index (χ0v) is 14.7. The molecule has 2 heterocycles. The quantitative estimate of drug-likeness (QED) is 0.835. The minimum atomic E-state index is 0.177. The van der Waals surface area contributed by atoms with Crippen molar-refractivity contribution in [3.8, 4) is 0 Å². The van der Waals surface area contributed by atoms with Crippen LogP contribution in [0.3, 0.4) is 0 Å². The molecule has 0 N–H and O–H groups in total. The largest absolute Gasteiger partial charge is 0.340 e. The first-order chi connectivity index (χ1) is 11.6. The highest BCUT2D eigenvalue weighted by atomic mass is 35.5. The molecule has 2 aromatic rings. The fraction of sp³-hybridized carbons (Fsp3) is 0.444. The van der Waals surface area contributed by atoms with Crippen LogP contribution in [0.1, 0.15) is 18.1 Å². The lowest BCUT2D eigenvalue weighted by Crippen LogP contribution is -2.48. The van der Waals surface area contributed by atoms with E-state index in [1.165, 1.54) is 5.56 Å². The molecule has 0 atom stereocenters. The molecule has 6 heteroatoms. The molecule has 0 aliphatic carbocycles. The van der Waals surface area contributed by atoms with Crippen molar-refractivity contribution in [2.75, 3.05) is 26.2 Å². The van der Waals surface area contributed by atoms with E-state index in [9.17, 15) is 4.79 Å². The lowest BCUT2D eigenvalue weighted by atomic mass is 10.1. The molecule has 1 saturated heterocycles. The number of carbonyl (C=O) groups excluding carboxylic acids is 1. The molecule has 5 nitrogen and oxygen atoms in total. The summed E-state index contributed by atoms with van der Waals surface area (Å²) in [6.45, 7) is 7.24. The van der Waals surface area contributed by atoms with Crippen LogP contribution in [0.4, 0.5) is 0 Å². The molecule has 1 aromatic heterocycles. The molecular weight excluding hydrogens is 324 g/mol. The molecule has 24 heavy (non-hydrogen) atoms. The number of benzene rings is 1. The number of nitrogens with zero attached hydrogens (tertiary/aromatic N) is 4. The third-order valence-corrected chi connectivity index (χ3v) is 4.62. The number of amides is 1. The molecule has 3 rings (SSSR count). The third-order valence-electron chi connectivity index (χ3n) is 4.39. The minimum Gasteiger partial charge on any atom is -0.340 e. The van der Waals surface area contributed by atoms with Crippen molar-refractivity contribution < 1.29 is 4.79 Å². The van der Waals surface area contributed by atoms with Gasteiger partial charge in [-0.1, -0.05) is 23.7 Å². The number of aryl methyl sites for hydroxylation is 1. The third kappa shape index (κ3) is 4.36. The van der Waals surface area contributed by atoms with Crippen molar-refractivity contribution in [1.29, 1.82) is 0 Å². The fourth-order valence-electron chi connectivity index (χ4n) is 3.01. The molecule has 0 saturated carbocycles. The van der Waals surface area contributed by atoms with Crippen LogP contribution in [0.15, 0.2) is 36.7 Å². The number of hydrogen-bond acceptors (Lipinski definition) is 3. The summed E-state index contributed by atoms with van der Waals surface area (Å²) in [5.74, 6) is 0.177. The highest BCUT2D eigenvalue weighted by molar-refractivity contribution is 6.30. The van der Waals surface area contributed by atoms with E-state index in [2.05, 4.69) is 23.1 Å². The lowest BCUT2D eigenvalue weighted by molar-refractivity contribution is -0.132. The number of aromatic nitrogens is 2. The molecular formula is C18H23ClN4O. The van der Waals surface area contributed by atoms with E-state index in [1.807, 2.05) is 40.0 Å². The van der Waals surface area contributed by atoms with Crippen molar-refractivity contribution in [2.24, 2.45) is 0 Å². The van der Waals surface area contributed by atoms with E-state index < -0.39 is 0 Å². The topological polar surface area (TPSA) is 41.4 Å². The van der Waals surface area contributed by atoms with Gasteiger partial charge in [-0.2, -0.15) is 5.10 Å². The van der Waals surface area contributed by atoms with Gasteiger partial charge in [0.05, 0.1) is 12.6 Å². The average Bonchev–Trinajstić information content (AvgIpc) is 3.03. The number of carbonyl (C=O) groups is 1. The minimum absolute atomic E-state index is 0.177. The standard InChI is InChI=1S/C18H23ClN4O/c1-2-23-14-16(12-20-23)13-21-6-8-22(9-7-21)18(24)11-15-4-3-5-17(19)10-15/h3-5,10,12,14H,2,6-9,11,13H2,1H3. The van der Waals surface area contributed by atoms with E-state index >= 15 is 0 Å². The number of halogens is 1. The summed E-state index contributed by atoms with van der Waals surface area (Å²) in [6.07, 6.45) is 4.45. The molecule has 1 aliphatic rings. The Labute approximate surface area is 147 Å². The Hall–Kier alpha value is -1.85. The summed E-state index contributed by atoms with van der Waals surface area (Å²) < 4.78 is 1.94. The van der Waals surface area contributed by atoms with Crippen LogP contribution >= 0.6 is 11.6 Å². The average molecular weight is 347 g/mol. The van der Waals surface area contributed by atoms with Gasteiger partial charge in [-0.3, -0.25) is 14.4 Å². The van der Waals surface area contributed by atoms with Gasteiger partial charge in [-0.05, 0) is 24.6 Å². The van der Waals surface area contributed by atoms with Crippen LogP contribution in [-0.4, -0.2) is 51.7 Å². The maximum atomic E-state index is 12.4. The van der Waals surface area contributed by atoms with Gasteiger partial charge < -0.3 is 4.90 Å². The molecule has 1 amide bonds. The highest BCUT2D eigenvalue weighted by Crippen LogP contribution is 2.13. The van der Waals surface area contributed by atoms with Crippen LogP contribution in [0, 0.1) is 0 Å². The zero-order chi connectivity index (χ0) is 16.9. The Bertz CT molecular complexity index is 692. The summed E-state index contributed by atoms with van der Waals surface area (Å²) in [7, 11) is 0. The Balaban J connectivity index is 1.48. The van der Waals surface area contributed by atoms with E-state index in [0.29, 0.717) is 11.4 Å². The first-order valence-corrected chi connectivity index (χ1v) is 8.77. The normalized spacial score (nSPS) is 15.7. The summed E-state index contributed by atoms with van der Waals surface area (Å²) in [5.41, 5.74) is 2.21. The second kappa shape index (κ2) is 7.81. The first-order valence-electron chi connectivity index (χ1n) is 8.40. The van der Waals surface area contributed by atoms with Crippen LogP contribution in [0.5, 0.6) is 0 Å². The van der Waals surface area contributed by atoms with Crippen molar-refractivity contribution in [2.45, 2.75) is 26.4 Å². The molecule has 128 valence electrons. The Kier molecular flexibility index (Phi) is 5.53. The predicted octanol–water partition coefficient (Wildman–Crippen LogP) is 2.44. The predicted molar refractivity (Wildman–Crippen MR) is 94.9 cm³/mol. The summed E-state index contributed by atoms with van der Waals surface area (Å²) in [6, 6.07) is 7.53. The zero-order valence-electron chi connectivity index (χ0n) is 14.0. The summed E-state index contributed by atoms with van der Waals surface area (Å²) >= 11 is 5.98. The Morgan fingerprint density at radius 1 is 1.21 bits per heavy atom. The Morgan fingerprint density at radius 2 is 2.00 bits per heavy atom. The van der Waals surface area contributed by atoms with Gasteiger partial charge in [0.15, 0.2) is 0 Å². The molecule has 0 radical (unpaired) electrons. The Morgan fingerprint density at radius 3 is 2.67 bits per heavy atom. The van der Waals surface area contributed by atoms with Crippen molar-refractivity contribution in [3.05, 3.63) is 52.8 Å². The van der Waals surface area contributed by atoms with E-state index in [4.69, 9.17) is 11.6 Å².